The molecule has 0 saturated carbocycles. The summed E-state index contributed by atoms with van der Waals surface area (Å²) in [6.07, 6.45) is 3.49. The second kappa shape index (κ2) is 6.04. The van der Waals surface area contributed by atoms with Crippen molar-refractivity contribution in [2.24, 2.45) is 5.73 Å². The van der Waals surface area contributed by atoms with Crippen molar-refractivity contribution in [1.82, 2.24) is 0 Å². The van der Waals surface area contributed by atoms with Gasteiger partial charge in [0.2, 0.25) is 0 Å². The van der Waals surface area contributed by atoms with E-state index in [0.29, 0.717) is 6.10 Å². The van der Waals surface area contributed by atoms with Gasteiger partial charge in [-0.2, -0.15) is 0 Å². The van der Waals surface area contributed by atoms with Gasteiger partial charge in [-0.15, -0.1) is 0 Å². The summed E-state index contributed by atoms with van der Waals surface area (Å²) in [5, 5.41) is 0. The van der Waals surface area contributed by atoms with E-state index in [0.717, 1.165) is 29.5 Å². The lowest BCUT2D eigenvalue weighted by molar-refractivity contribution is 0.0404. The minimum Gasteiger partial charge on any atom is -0.497 e. The normalized spacial score (nSPS) is 25.1. The second-order valence-electron chi connectivity index (χ2n) is 4.89. The van der Waals surface area contributed by atoms with Crippen LogP contribution in [0.1, 0.15) is 25.3 Å². The van der Waals surface area contributed by atoms with Gasteiger partial charge in [0.05, 0.1) is 19.3 Å². The number of hydrogen-bond acceptors (Lipinski definition) is 3. The highest BCUT2D eigenvalue weighted by Gasteiger charge is 2.27. The lowest BCUT2D eigenvalue weighted by atomic mass is 10.00. The molecule has 0 aliphatic carbocycles. The number of hydrogen-bond donors (Lipinski definition) is 1. The van der Waals surface area contributed by atoms with Crippen LogP contribution in [0.3, 0.4) is 0 Å². The molecule has 1 fully saturated rings. The third-order valence-electron chi connectivity index (χ3n) is 3.45. The van der Waals surface area contributed by atoms with Crippen molar-refractivity contribution in [3.8, 4) is 5.75 Å². The Morgan fingerprint density at radius 1 is 1.50 bits per heavy atom. The molecule has 0 bridgehead atoms. The average molecular weight is 314 g/mol. The van der Waals surface area contributed by atoms with Gasteiger partial charge in [-0.3, -0.25) is 0 Å². The number of halogens is 1. The zero-order chi connectivity index (χ0) is 13.1. The largest absolute Gasteiger partial charge is 0.497 e. The number of methoxy groups -OCH3 is 1. The molecule has 0 radical (unpaired) electrons. The molecule has 1 saturated heterocycles. The predicted molar refractivity (Wildman–Crippen MR) is 75.9 cm³/mol. The quantitative estimate of drug-likeness (QED) is 0.929. The summed E-state index contributed by atoms with van der Waals surface area (Å²) >= 11 is 3.56. The van der Waals surface area contributed by atoms with Gasteiger partial charge in [-0.1, -0.05) is 15.9 Å². The minimum atomic E-state index is 0.0401. The van der Waals surface area contributed by atoms with Gasteiger partial charge in [0.1, 0.15) is 5.75 Å². The fourth-order valence-corrected chi connectivity index (χ4v) is 2.78. The summed E-state index contributed by atoms with van der Waals surface area (Å²) in [6, 6.07) is 6.01. The molecule has 100 valence electrons. The van der Waals surface area contributed by atoms with Crippen molar-refractivity contribution in [2.75, 3.05) is 7.11 Å². The molecule has 2 rings (SSSR count). The van der Waals surface area contributed by atoms with Gasteiger partial charge in [-0.25, -0.2) is 0 Å². The summed E-state index contributed by atoms with van der Waals surface area (Å²) in [5.74, 6) is 0.862. The van der Waals surface area contributed by atoms with Crippen LogP contribution in [0.25, 0.3) is 0 Å². The van der Waals surface area contributed by atoms with Crippen LogP contribution in [0.15, 0.2) is 22.7 Å². The van der Waals surface area contributed by atoms with Gasteiger partial charge < -0.3 is 15.2 Å². The Labute approximate surface area is 117 Å². The maximum absolute atomic E-state index is 6.25. The smallest absolute Gasteiger partial charge is 0.119 e. The maximum atomic E-state index is 6.25. The number of rotatable bonds is 4. The van der Waals surface area contributed by atoms with E-state index in [2.05, 4.69) is 22.9 Å². The number of benzene rings is 1. The van der Waals surface area contributed by atoms with Crippen LogP contribution in [0.4, 0.5) is 0 Å². The van der Waals surface area contributed by atoms with Crippen molar-refractivity contribution in [3.05, 3.63) is 28.2 Å². The summed E-state index contributed by atoms with van der Waals surface area (Å²) < 4.78 is 12.1. The van der Waals surface area contributed by atoms with Crippen molar-refractivity contribution in [3.63, 3.8) is 0 Å². The first-order valence-electron chi connectivity index (χ1n) is 6.33. The molecule has 1 heterocycles. The molecule has 4 heteroatoms. The lowest BCUT2D eigenvalue weighted by Gasteiger charge is -2.20. The van der Waals surface area contributed by atoms with E-state index < -0.39 is 0 Å². The first kappa shape index (κ1) is 13.8. The Bertz CT molecular complexity index is 411. The van der Waals surface area contributed by atoms with Crippen molar-refractivity contribution in [1.29, 1.82) is 0 Å². The molecule has 3 atom stereocenters. The average Bonchev–Trinajstić information content (AvgIpc) is 2.79. The van der Waals surface area contributed by atoms with Gasteiger partial charge >= 0.3 is 0 Å². The molecule has 0 amide bonds. The van der Waals surface area contributed by atoms with Gasteiger partial charge in [0, 0.05) is 10.5 Å². The molecule has 2 N–H and O–H groups in total. The third-order valence-corrected chi connectivity index (χ3v) is 4.22. The Hall–Kier alpha value is -0.580. The van der Waals surface area contributed by atoms with E-state index in [1.165, 1.54) is 5.56 Å². The third kappa shape index (κ3) is 3.25. The zero-order valence-corrected chi connectivity index (χ0v) is 12.4. The second-order valence-corrected chi connectivity index (χ2v) is 5.74. The van der Waals surface area contributed by atoms with Crippen LogP contribution >= 0.6 is 15.9 Å². The van der Waals surface area contributed by atoms with Crippen molar-refractivity contribution >= 4 is 15.9 Å². The molecular weight excluding hydrogens is 294 g/mol. The first-order valence-corrected chi connectivity index (χ1v) is 7.13. The van der Waals surface area contributed by atoms with Crippen LogP contribution in [-0.4, -0.2) is 25.4 Å². The van der Waals surface area contributed by atoms with E-state index in [9.17, 15) is 0 Å². The summed E-state index contributed by atoms with van der Waals surface area (Å²) in [6.45, 7) is 2.11. The molecular formula is C14H20BrNO2. The lowest BCUT2D eigenvalue weighted by Crippen LogP contribution is -2.36. The van der Waals surface area contributed by atoms with Crippen LogP contribution in [0, 0.1) is 0 Å². The summed E-state index contributed by atoms with van der Waals surface area (Å²) in [7, 11) is 1.68. The molecule has 3 unspecified atom stereocenters. The molecule has 1 aromatic rings. The monoisotopic (exact) mass is 313 g/mol. The highest BCUT2D eigenvalue weighted by Crippen LogP contribution is 2.27. The molecule has 18 heavy (non-hydrogen) atoms. The van der Waals surface area contributed by atoms with Gasteiger partial charge in [0.15, 0.2) is 0 Å². The van der Waals surface area contributed by atoms with E-state index >= 15 is 0 Å². The van der Waals surface area contributed by atoms with E-state index in [4.69, 9.17) is 15.2 Å². The van der Waals surface area contributed by atoms with E-state index in [1.807, 2.05) is 18.2 Å². The van der Waals surface area contributed by atoms with Crippen molar-refractivity contribution in [2.45, 2.75) is 44.4 Å². The van der Waals surface area contributed by atoms with Gasteiger partial charge in [-0.05, 0) is 49.9 Å². The fourth-order valence-electron chi connectivity index (χ4n) is 2.37. The highest BCUT2D eigenvalue weighted by molar-refractivity contribution is 9.10. The van der Waals surface area contributed by atoms with Crippen LogP contribution in [0.2, 0.25) is 0 Å². The molecule has 0 spiro atoms. The van der Waals surface area contributed by atoms with Crippen LogP contribution in [-0.2, 0) is 11.2 Å². The zero-order valence-electron chi connectivity index (χ0n) is 10.9. The molecule has 1 aliphatic rings. The SMILES string of the molecule is COc1ccc(Br)c(CC(N)C2CCC(C)O2)c1. The van der Waals surface area contributed by atoms with Crippen LogP contribution in [0.5, 0.6) is 5.75 Å². The first-order chi connectivity index (χ1) is 8.60. The number of ether oxygens (including phenoxy) is 2. The van der Waals surface area contributed by atoms with Crippen LogP contribution < -0.4 is 10.5 Å². The van der Waals surface area contributed by atoms with E-state index in [-0.39, 0.29) is 12.1 Å². The molecule has 1 aromatic carbocycles. The summed E-state index contributed by atoms with van der Waals surface area (Å²) in [5.41, 5.74) is 7.42. The predicted octanol–water partition coefficient (Wildman–Crippen LogP) is 2.90. The van der Waals surface area contributed by atoms with Gasteiger partial charge in [0.25, 0.3) is 0 Å². The Morgan fingerprint density at radius 3 is 2.89 bits per heavy atom. The Balaban J connectivity index is 2.04. The molecule has 3 nitrogen and oxygen atoms in total. The number of nitrogens with two attached hydrogens (primary N) is 1. The molecule has 1 aliphatic heterocycles. The minimum absolute atomic E-state index is 0.0401. The molecule has 0 aromatic heterocycles. The maximum Gasteiger partial charge on any atom is 0.119 e. The van der Waals surface area contributed by atoms with E-state index in [1.54, 1.807) is 7.11 Å². The highest BCUT2D eigenvalue weighted by atomic mass is 79.9. The fraction of sp³-hybridized carbons (Fsp3) is 0.571. The standard InChI is InChI=1S/C14H20BrNO2/c1-9-3-6-14(18-9)13(16)8-10-7-11(17-2)4-5-12(10)15/h4-5,7,9,13-14H,3,6,8,16H2,1-2H3. The Kier molecular flexibility index (Phi) is 4.65. The summed E-state index contributed by atoms with van der Waals surface area (Å²) in [4.78, 5) is 0. The Morgan fingerprint density at radius 2 is 2.28 bits per heavy atom. The topological polar surface area (TPSA) is 44.5 Å². The van der Waals surface area contributed by atoms with Crippen molar-refractivity contribution < 1.29 is 9.47 Å².